The first-order valence-corrected chi connectivity index (χ1v) is 9.43. The summed E-state index contributed by atoms with van der Waals surface area (Å²) in [5.41, 5.74) is 1.60. The summed E-state index contributed by atoms with van der Waals surface area (Å²) < 4.78 is 0. The molecule has 2 heteroatoms. The van der Waals surface area contributed by atoms with Gasteiger partial charge in [0.25, 0.3) is 0 Å². The number of rotatable bonds is 1. The molecule has 0 spiro atoms. The van der Waals surface area contributed by atoms with Crippen molar-refractivity contribution in [1.29, 1.82) is 0 Å². The first-order valence-electron chi connectivity index (χ1n) is 9.43. The average Bonchev–Trinajstić information content (AvgIpc) is 2.82. The molecule has 7 atom stereocenters. The van der Waals surface area contributed by atoms with E-state index in [4.69, 9.17) is 0 Å². The molecule has 0 aromatic rings. The van der Waals surface area contributed by atoms with Gasteiger partial charge >= 0.3 is 0 Å². The van der Waals surface area contributed by atoms with Gasteiger partial charge in [0.15, 0.2) is 0 Å². The standard InChI is InChI=1S/C21H30O2/c1-13(22)16-9-10-17-15-8-7-14-6-4-5-11-20(14,2)19(15)18(23)12-21(16,17)3/h4,6-7,15-19,23H,5,8-12H2,1-3H3/t15-,16+,17-,18-,19+,20-,21?/m0/s1. The molecule has 4 rings (SSSR count). The van der Waals surface area contributed by atoms with Crippen molar-refractivity contribution < 1.29 is 9.90 Å². The Morgan fingerprint density at radius 1 is 1.30 bits per heavy atom. The molecule has 0 aromatic heterocycles. The predicted molar refractivity (Wildman–Crippen MR) is 91.8 cm³/mol. The summed E-state index contributed by atoms with van der Waals surface area (Å²) in [5, 5.41) is 11.2. The van der Waals surface area contributed by atoms with E-state index in [1.165, 1.54) is 12.0 Å². The number of hydrogen-bond acceptors (Lipinski definition) is 2. The molecule has 0 saturated heterocycles. The van der Waals surface area contributed by atoms with Crippen molar-refractivity contribution in [2.75, 3.05) is 0 Å². The van der Waals surface area contributed by atoms with Crippen LogP contribution in [0.1, 0.15) is 59.3 Å². The number of carbonyl (C=O) groups excluding carboxylic acids is 1. The van der Waals surface area contributed by atoms with Gasteiger partial charge in [-0.3, -0.25) is 4.79 Å². The molecule has 1 unspecified atom stereocenters. The molecule has 126 valence electrons. The summed E-state index contributed by atoms with van der Waals surface area (Å²) in [5.74, 6) is 2.02. The van der Waals surface area contributed by atoms with Crippen molar-refractivity contribution in [3.05, 3.63) is 23.8 Å². The first-order chi connectivity index (χ1) is 10.9. The second-order valence-corrected chi connectivity index (χ2v) is 9.07. The highest BCUT2D eigenvalue weighted by Gasteiger charge is 2.61. The highest BCUT2D eigenvalue weighted by molar-refractivity contribution is 5.79. The fourth-order valence-corrected chi connectivity index (χ4v) is 7.10. The Morgan fingerprint density at radius 3 is 2.83 bits per heavy atom. The molecule has 0 aliphatic heterocycles. The quantitative estimate of drug-likeness (QED) is 0.784. The SMILES string of the molecule is CC(=O)[C@H]1CC[C@H]2[C@@H]3CC=C4C=CCC[C@]4(C)[C@H]3[C@@H](O)CC12C. The summed E-state index contributed by atoms with van der Waals surface area (Å²) in [7, 11) is 0. The van der Waals surface area contributed by atoms with Crippen molar-refractivity contribution in [3.63, 3.8) is 0 Å². The van der Waals surface area contributed by atoms with Crippen molar-refractivity contribution in [1.82, 2.24) is 0 Å². The largest absolute Gasteiger partial charge is 0.393 e. The minimum absolute atomic E-state index is 0.0125. The van der Waals surface area contributed by atoms with Crippen LogP contribution in [0.3, 0.4) is 0 Å². The van der Waals surface area contributed by atoms with Crippen LogP contribution in [-0.2, 0) is 4.79 Å². The van der Waals surface area contributed by atoms with Gasteiger partial charge < -0.3 is 5.11 Å². The Hall–Kier alpha value is -0.890. The van der Waals surface area contributed by atoms with Crippen LogP contribution in [0.15, 0.2) is 23.8 Å². The molecule has 0 bridgehead atoms. The number of fused-ring (bicyclic) bond motifs is 5. The van der Waals surface area contributed by atoms with E-state index in [2.05, 4.69) is 32.1 Å². The minimum Gasteiger partial charge on any atom is -0.393 e. The van der Waals surface area contributed by atoms with Gasteiger partial charge in [0.1, 0.15) is 5.78 Å². The van der Waals surface area contributed by atoms with E-state index in [-0.39, 0.29) is 22.9 Å². The van der Waals surface area contributed by atoms with Crippen LogP contribution >= 0.6 is 0 Å². The zero-order valence-corrected chi connectivity index (χ0v) is 14.7. The Bertz CT molecular complexity index is 589. The third kappa shape index (κ3) is 2.00. The summed E-state index contributed by atoms with van der Waals surface area (Å²) >= 11 is 0. The van der Waals surface area contributed by atoms with E-state index in [0.29, 0.717) is 23.5 Å². The van der Waals surface area contributed by atoms with Gasteiger partial charge in [0.2, 0.25) is 0 Å². The van der Waals surface area contributed by atoms with Crippen LogP contribution in [0.2, 0.25) is 0 Å². The number of ketones is 1. The highest BCUT2D eigenvalue weighted by Crippen LogP contribution is 2.65. The number of hydrogen-bond donors (Lipinski definition) is 1. The van der Waals surface area contributed by atoms with Gasteiger partial charge in [-0.25, -0.2) is 0 Å². The Labute approximate surface area is 140 Å². The molecule has 0 aromatic carbocycles. The number of aliphatic hydroxyl groups is 1. The Morgan fingerprint density at radius 2 is 2.09 bits per heavy atom. The van der Waals surface area contributed by atoms with Crippen LogP contribution in [-0.4, -0.2) is 17.0 Å². The van der Waals surface area contributed by atoms with E-state index in [9.17, 15) is 9.90 Å². The third-order valence-corrected chi connectivity index (χ3v) is 8.07. The monoisotopic (exact) mass is 314 g/mol. The lowest BCUT2D eigenvalue weighted by Gasteiger charge is -2.58. The minimum atomic E-state index is -0.263. The summed E-state index contributed by atoms with van der Waals surface area (Å²) in [6.07, 6.45) is 13.1. The van der Waals surface area contributed by atoms with E-state index in [0.717, 1.165) is 32.1 Å². The van der Waals surface area contributed by atoms with Crippen LogP contribution in [0.4, 0.5) is 0 Å². The fraction of sp³-hybridized carbons (Fsp3) is 0.762. The number of Topliss-reactive ketones (excluding diaryl/α,β-unsaturated/α-hetero) is 1. The molecule has 0 amide bonds. The van der Waals surface area contributed by atoms with Gasteiger partial charge in [-0.1, -0.05) is 32.1 Å². The molecule has 4 aliphatic rings. The smallest absolute Gasteiger partial charge is 0.133 e. The normalized spacial score (nSPS) is 51.5. The molecule has 2 fully saturated rings. The lowest BCUT2D eigenvalue weighted by atomic mass is 9.47. The van der Waals surface area contributed by atoms with Crippen LogP contribution in [0, 0.1) is 34.5 Å². The van der Waals surface area contributed by atoms with E-state index < -0.39 is 0 Å². The molecule has 0 heterocycles. The van der Waals surface area contributed by atoms with E-state index >= 15 is 0 Å². The van der Waals surface area contributed by atoms with Crippen molar-refractivity contribution in [3.8, 4) is 0 Å². The van der Waals surface area contributed by atoms with E-state index in [1.54, 1.807) is 6.92 Å². The lowest BCUT2D eigenvalue weighted by molar-refractivity contribution is -0.137. The third-order valence-electron chi connectivity index (χ3n) is 8.07. The molecule has 1 N–H and O–H groups in total. The van der Waals surface area contributed by atoms with Crippen LogP contribution < -0.4 is 0 Å². The maximum atomic E-state index is 12.2. The molecular weight excluding hydrogens is 284 g/mol. The summed E-state index contributed by atoms with van der Waals surface area (Å²) in [4.78, 5) is 12.2. The fourth-order valence-electron chi connectivity index (χ4n) is 7.10. The molecule has 0 radical (unpaired) electrons. The predicted octanol–water partition coefficient (Wildman–Crippen LogP) is 4.29. The average molecular weight is 314 g/mol. The molecular formula is C21H30O2. The number of carbonyl (C=O) groups is 1. The number of aliphatic hydroxyl groups excluding tert-OH is 1. The summed E-state index contributed by atoms with van der Waals surface area (Å²) in [6.45, 7) is 6.42. The summed E-state index contributed by atoms with van der Waals surface area (Å²) in [6, 6.07) is 0. The molecule has 23 heavy (non-hydrogen) atoms. The van der Waals surface area contributed by atoms with E-state index in [1.807, 2.05) is 0 Å². The lowest BCUT2D eigenvalue weighted by Crippen LogP contribution is -2.55. The highest BCUT2D eigenvalue weighted by atomic mass is 16.3. The molecule has 4 aliphatic carbocycles. The van der Waals surface area contributed by atoms with Gasteiger partial charge in [-0.2, -0.15) is 0 Å². The van der Waals surface area contributed by atoms with Crippen LogP contribution in [0.25, 0.3) is 0 Å². The second-order valence-electron chi connectivity index (χ2n) is 9.07. The second kappa shape index (κ2) is 5.05. The Kier molecular flexibility index (Phi) is 3.43. The van der Waals surface area contributed by atoms with Gasteiger partial charge in [-0.15, -0.1) is 0 Å². The van der Waals surface area contributed by atoms with Crippen LogP contribution in [0.5, 0.6) is 0 Å². The maximum Gasteiger partial charge on any atom is 0.133 e. The van der Waals surface area contributed by atoms with Gasteiger partial charge in [-0.05, 0) is 79.6 Å². The Balaban J connectivity index is 1.75. The van der Waals surface area contributed by atoms with Crippen molar-refractivity contribution in [2.24, 2.45) is 34.5 Å². The van der Waals surface area contributed by atoms with Gasteiger partial charge in [0, 0.05) is 5.92 Å². The molecule has 2 nitrogen and oxygen atoms in total. The molecule has 2 saturated carbocycles. The zero-order chi connectivity index (χ0) is 16.4. The van der Waals surface area contributed by atoms with Crippen molar-refractivity contribution >= 4 is 5.78 Å². The first kappa shape index (κ1) is 15.6. The van der Waals surface area contributed by atoms with Crippen molar-refractivity contribution in [2.45, 2.75) is 65.4 Å². The topological polar surface area (TPSA) is 37.3 Å². The maximum absolute atomic E-state index is 12.2. The zero-order valence-electron chi connectivity index (χ0n) is 14.7. The number of allylic oxidation sites excluding steroid dienone is 4. The van der Waals surface area contributed by atoms with Gasteiger partial charge in [0.05, 0.1) is 6.10 Å².